The van der Waals surface area contributed by atoms with Gasteiger partial charge in [0.05, 0.1) is 11.4 Å². The number of nitrogens with zero attached hydrogens (tertiary/aromatic N) is 1. The number of halogens is 1. The van der Waals surface area contributed by atoms with Crippen LogP contribution in [-0.4, -0.2) is 24.1 Å². The second-order valence-corrected chi connectivity index (χ2v) is 6.97. The van der Waals surface area contributed by atoms with E-state index in [0.717, 1.165) is 33.2 Å². The zero-order valence-electron chi connectivity index (χ0n) is 14.6. The Hall–Kier alpha value is -2.92. The number of aromatic amines is 2. The van der Waals surface area contributed by atoms with Crippen LogP contribution in [-0.2, 0) is 6.54 Å². The van der Waals surface area contributed by atoms with Crippen LogP contribution in [0.3, 0.4) is 0 Å². The molecule has 0 saturated carbocycles. The van der Waals surface area contributed by atoms with E-state index >= 15 is 0 Å². The van der Waals surface area contributed by atoms with Gasteiger partial charge in [-0.2, -0.15) is 0 Å². The SMILES string of the molecule is CN(C)c1cc2[nH]ccc2cc1NCc1cc2cc(Cl)ccc2[nH]c1=O. The Morgan fingerprint density at radius 1 is 1.04 bits per heavy atom. The van der Waals surface area contributed by atoms with E-state index in [1.165, 1.54) is 0 Å². The van der Waals surface area contributed by atoms with Crippen LogP contribution < -0.4 is 15.8 Å². The van der Waals surface area contributed by atoms with Gasteiger partial charge in [-0.05, 0) is 42.5 Å². The van der Waals surface area contributed by atoms with Gasteiger partial charge in [-0.25, -0.2) is 0 Å². The molecular formula is C20H19ClN4O. The molecular weight excluding hydrogens is 348 g/mol. The van der Waals surface area contributed by atoms with Crippen molar-refractivity contribution >= 4 is 44.8 Å². The number of pyridine rings is 1. The van der Waals surface area contributed by atoms with Crippen LogP contribution in [0.1, 0.15) is 5.56 Å². The molecule has 2 aromatic carbocycles. The third-order valence-corrected chi connectivity index (χ3v) is 4.74. The fourth-order valence-electron chi connectivity index (χ4n) is 3.15. The highest BCUT2D eigenvalue weighted by molar-refractivity contribution is 6.31. The maximum atomic E-state index is 12.4. The number of H-pyrrole nitrogens is 2. The quantitative estimate of drug-likeness (QED) is 0.503. The molecule has 0 amide bonds. The standard InChI is InChI=1S/C20H19ClN4O/c1-25(2)19-10-17-12(5-6-22-17)9-18(19)23-11-14-7-13-8-15(21)3-4-16(13)24-20(14)26/h3-10,22-23H,11H2,1-2H3,(H,24,26). The molecule has 2 aromatic heterocycles. The number of rotatable bonds is 4. The molecule has 0 unspecified atom stereocenters. The van der Waals surface area contributed by atoms with Crippen molar-refractivity contribution in [2.45, 2.75) is 6.54 Å². The van der Waals surface area contributed by atoms with Crippen LogP contribution in [0.15, 0.2) is 53.5 Å². The molecule has 0 fully saturated rings. The van der Waals surface area contributed by atoms with E-state index in [9.17, 15) is 4.79 Å². The van der Waals surface area contributed by atoms with E-state index in [2.05, 4.69) is 27.4 Å². The molecule has 0 radical (unpaired) electrons. The number of anilines is 2. The first-order valence-electron chi connectivity index (χ1n) is 8.35. The summed E-state index contributed by atoms with van der Waals surface area (Å²) in [6, 6.07) is 13.6. The molecule has 4 rings (SSSR count). The summed E-state index contributed by atoms with van der Waals surface area (Å²) >= 11 is 6.07. The molecule has 26 heavy (non-hydrogen) atoms. The molecule has 0 saturated heterocycles. The molecule has 132 valence electrons. The monoisotopic (exact) mass is 366 g/mol. The molecule has 0 bridgehead atoms. The summed E-state index contributed by atoms with van der Waals surface area (Å²) in [5.74, 6) is 0. The highest BCUT2D eigenvalue weighted by atomic mass is 35.5. The fraction of sp³-hybridized carbons (Fsp3) is 0.150. The van der Waals surface area contributed by atoms with Crippen LogP contribution in [0.2, 0.25) is 5.02 Å². The van der Waals surface area contributed by atoms with Crippen LogP contribution in [0.4, 0.5) is 11.4 Å². The Labute approximate surface area is 155 Å². The highest BCUT2D eigenvalue weighted by Crippen LogP contribution is 2.30. The number of nitrogens with one attached hydrogen (secondary N) is 3. The number of aromatic nitrogens is 2. The van der Waals surface area contributed by atoms with Gasteiger partial charge in [0.25, 0.3) is 5.56 Å². The molecule has 0 aliphatic rings. The van der Waals surface area contributed by atoms with Crippen molar-refractivity contribution in [2.24, 2.45) is 0 Å². The third kappa shape index (κ3) is 3.02. The van der Waals surface area contributed by atoms with E-state index in [1.54, 1.807) is 6.07 Å². The number of hydrogen-bond acceptors (Lipinski definition) is 3. The summed E-state index contributed by atoms with van der Waals surface area (Å²) in [5.41, 5.74) is 4.47. The normalized spacial score (nSPS) is 11.2. The lowest BCUT2D eigenvalue weighted by molar-refractivity contribution is 1.07. The lowest BCUT2D eigenvalue weighted by atomic mass is 10.1. The van der Waals surface area contributed by atoms with Crippen molar-refractivity contribution in [1.29, 1.82) is 0 Å². The zero-order chi connectivity index (χ0) is 18.3. The second-order valence-electron chi connectivity index (χ2n) is 6.54. The minimum atomic E-state index is -0.0959. The summed E-state index contributed by atoms with van der Waals surface area (Å²) in [4.78, 5) is 20.6. The van der Waals surface area contributed by atoms with Gasteiger partial charge in [0, 0.05) is 59.2 Å². The summed E-state index contributed by atoms with van der Waals surface area (Å²) in [7, 11) is 4.00. The summed E-state index contributed by atoms with van der Waals surface area (Å²) in [6.45, 7) is 0.425. The predicted molar refractivity (Wildman–Crippen MR) is 110 cm³/mol. The van der Waals surface area contributed by atoms with Gasteiger partial charge in [0.15, 0.2) is 0 Å². The Kier molecular flexibility index (Phi) is 4.09. The molecule has 0 aliphatic heterocycles. The summed E-state index contributed by atoms with van der Waals surface area (Å²) < 4.78 is 0. The minimum Gasteiger partial charge on any atom is -0.379 e. The van der Waals surface area contributed by atoms with Crippen molar-refractivity contribution in [2.75, 3.05) is 24.3 Å². The smallest absolute Gasteiger partial charge is 0.253 e. The van der Waals surface area contributed by atoms with Crippen molar-refractivity contribution in [1.82, 2.24) is 9.97 Å². The van der Waals surface area contributed by atoms with E-state index < -0.39 is 0 Å². The first-order chi connectivity index (χ1) is 12.5. The molecule has 0 spiro atoms. The highest BCUT2D eigenvalue weighted by Gasteiger charge is 2.09. The van der Waals surface area contributed by atoms with Crippen LogP contribution in [0, 0.1) is 0 Å². The van der Waals surface area contributed by atoms with E-state index in [4.69, 9.17) is 11.6 Å². The number of benzene rings is 2. The molecule has 5 nitrogen and oxygen atoms in total. The average Bonchev–Trinajstić information content (AvgIpc) is 3.06. The zero-order valence-corrected chi connectivity index (χ0v) is 15.3. The summed E-state index contributed by atoms with van der Waals surface area (Å²) in [5, 5.41) is 6.10. The lowest BCUT2D eigenvalue weighted by Gasteiger charge is -2.19. The van der Waals surface area contributed by atoms with Gasteiger partial charge in [-0.3, -0.25) is 4.79 Å². The van der Waals surface area contributed by atoms with Crippen molar-refractivity contribution in [3.8, 4) is 0 Å². The van der Waals surface area contributed by atoms with E-state index in [-0.39, 0.29) is 5.56 Å². The Balaban J connectivity index is 1.69. The Bertz CT molecular complexity index is 1160. The third-order valence-electron chi connectivity index (χ3n) is 4.50. The van der Waals surface area contributed by atoms with Gasteiger partial charge in [-0.1, -0.05) is 11.6 Å². The van der Waals surface area contributed by atoms with Crippen LogP contribution in [0.5, 0.6) is 0 Å². The summed E-state index contributed by atoms with van der Waals surface area (Å²) in [6.07, 6.45) is 1.92. The maximum absolute atomic E-state index is 12.4. The first-order valence-corrected chi connectivity index (χ1v) is 8.73. The van der Waals surface area contributed by atoms with E-state index in [0.29, 0.717) is 17.1 Å². The van der Waals surface area contributed by atoms with E-state index in [1.807, 2.05) is 49.5 Å². The second kappa shape index (κ2) is 6.42. The molecule has 4 aromatic rings. The molecule has 0 atom stereocenters. The minimum absolute atomic E-state index is 0.0959. The van der Waals surface area contributed by atoms with Gasteiger partial charge >= 0.3 is 0 Å². The average molecular weight is 367 g/mol. The topological polar surface area (TPSA) is 63.9 Å². The van der Waals surface area contributed by atoms with Crippen LogP contribution in [0.25, 0.3) is 21.8 Å². The van der Waals surface area contributed by atoms with Gasteiger partial charge in [0.2, 0.25) is 0 Å². The van der Waals surface area contributed by atoms with Gasteiger partial charge < -0.3 is 20.2 Å². The molecule has 3 N–H and O–H groups in total. The number of hydrogen-bond donors (Lipinski definition) is 3. The predicted octanol–water partition coefficient (Wildman–Crippen LogP) is 4.34. The van der Waals surface area contributed by atoms with Crippen molar-refractivity contribution < 1.29 is 0 Å². The molecule has 6 heteroatoms. The lowest BCUT2D eigenvalue weighted by Crippen LogP contribution is -2.17. The maximum Gasteiger partial charge on any atom is 0.253 e. The van der Waals surface area contributed by atoms with Gasteiger partial charge in [0.1, 0.15) is 0 Å². The van der Waals surface area contributed by atoms with Crippen molar-refractivity contribution in [3.63, 3.8) is 0 Å². The fourth-order valence-corrected chi connectivity index (χ4v) is 3.33. The Morgan fingerprint density at radius 3 is 2.69 bits per heavy atom. The molecule has 2 heterocycles. The van der Waals surface area contributed by atoms with Crippen LogP contribution >= 0.6 is 11.6 Å². The molecule has 0 aliphatic carbocycles. The number of fused-ring (bicyclic) bond motifs is 2. The first kappa shape index (κ1) is 16.5. The largest absolute Gasteiger partial charge is 0.379 e. The van der Waals surface area contributed by atoms with Crippen molar-refractivity contribution in [3.05, 3.63) is 69.6 Å². The Morgan fingerprint density at radius 2 is 1.88 bits per heavy atom. The van der Waals surface area contributed by atoms with Gasteiger partial charge in [-0.15, -0.1) is 0 Å².